The molecule has 6 heteroatoms. The first-order valence-corrected chi connectivity index (χ1v) is 7.91. The lowest BCUT2D eigenvalue weighted by atomic mass is 10.1. The minimum Gasteiger partial charge on any atom is -0.497 e. The molecular weight excluding hydrogens is 288 g/mol. The second kappa shape index (κ2) is 6.47. The summed E-state index contributed by atoms with van der Waals surface area (Å²) in [5, 5.41) is 2.97. The van der Waals surface area contributed by atoms with E-state index in [4.69, 9.17) is 15.2 Å². The number of nitrogen functional groups attached to an aromatic ring is 1. The van der Waals surface area contributed by atoms with Crippen molar-refractivity contribution in [3.8, 4) is 11.5 Å². The van der Waals surface area contributed by atoms with E-state index in [0.29, 0.717) is 29.3 Å². The van der Waals surface area contributed by atoms with E-state index in [-0.39, 0.29) is 10.7 Å². The second-order valence-corrected chi connectivity index (χ2v) is 7.06. The van der Waals surface area contributed by atoms with Crippen LogP contribution in [0.5, 0.6) is 11.5 Å². The van der Waals surface area contributed by atoms with Gasteiger partial charge in [-0.3, -0.25) is 4.79 Å². The number of nitrogens with two attached hydrogens (primary N) is 1. The van der Waals surface area contributed by atoms with Gasteiger partial charge < -0.3 is 20.5 Å². The zero-order chi connectivity index (χ0) is 15.5. The Kier molecular flexibility index (Phi) is 4.88. The van der Waals surface area contributed by atoms with Gasteiger partial charge >= 0.3 is 0 Å². The third-order valence-corrected chi connectivity index (χ3v) is 5.28. The summed E-state index contributed by atoms with van der Waals surface area (Å²) in [5.74, 6) is 1.95. The number of methoxy groups -OCH3 is 2. The van der Waals surface area contributed by atoms with Gasteiger partial charge in [0.2, 0.25) is 0 Å². The summed E-state index contributed by atoms with van der Waals surface area (Å²) in [7, 11) is 3.06. The van der Waals surface area contributed by atoms with E-state index in [1.165, 1.54) is 13.5 Å². The number of hydrogen-bond acceptors (Lipinski definition) is 5. The van der Waals surface area contributed by atoms with Crippen LogP contribution in [-0.2, 0) is 0 Å². The highest BCUT2D eigenvalue weighted by atomic mass is 32.2. The molecule has 0 radical (unpaired) electrons. The highest BCUT2D eigenvalue weighted by Gasteiger charge is 2.30. The Balaban J connectivity index is 2.14. The monoisotopic (exact) mass is 310 g/mol. The Labute approximate surface area is 129 Å². The van der Waals surface area contributed by atoms with Crippen LogP contribution in [0.25, 0.3) is 0 Å². The smallest absolute Gasteiger partial charge is 0.253 e. The molecule has 116 valence electrons. The fraction of sp³-hybridized carbons (Fsp3) is 0.533. The lowest BCUT2D eigenvalue weighted by molar-refractivity contribution is 0.0950. The molecule has 1 heterocycles. The Morgan fingerprint density at radius 3 is 2.76 bits per heavy atom. The fourth-order valence-corrected chi connectivity index (χ4v) is 3.66. The Hall–Kier alpha value is -1.56. The molecule has 1 aliphatic heterocycles. The maximum atomic E-state index is 12.4. The number of carbonyl (C=O) groups is 1. The van der Waals surface area contributed by atoms with Gasteiger partial charge in [-0.15, -0.1) is 0 Å². The van der Waals surface area contributed by atoms with Crippen LogP contribution >= 0.6 is 11.8 Å². The number of ether oxygens (including phenoxy) is 2. The molecule has 0 aliphatic carbocycles. The molecule has 21 heavy (non-hydrogen) atoms. The minimum absolute atomic E-state index is 0.118. The van der Waals surface area contributed by atoms with E-state index in [1.807, 2.05) is 11.8 Å². The number of rotatable bonds is 5. The molecule has 1 saturated heterocycles. The quantitative estimate of drug-likeness (QED) is 0.816. The van der Waals surface area contributed by atoms with Crippen LogP contribution in [0.15, 0.2) is 12.1 Å². The van der Waals surface area contributed by atoms with Gasteiger partial charge in [0.25, 0.3) is 5.91 Å². The summed E-state index contributed by atoms with van der Waals surface area (Å²) < 4.78 is 10.5. The number of amides is 1. The molecule has 0 aromatic heterocycles. The largest absolute Gasteiger partial charge is 0.497 e. The van der Waals surface area contributed by atoms with Crippen molar-refractivity contribution in [2.75, 3.05) is 32.3 Å². The van der Waals surface area contributed by atoms with Gasteiger partial charge in [0.15, 0.2) is 0 Å². The summed E-state index contributed by atoms with van der Waals surface area (Å²) in [6.45, 7) is 2.82. The number of benzene rings is 1. The predicted molar refractivity (Wildman–Crippen MR) is 86.4 cm³/mol. The van der Waals surface area contributed by atoms with Gasteiger partial charge in [-0.2, -0.15) is 11.8 Å². The minimum atomic E-state index is -0.196. The van der Waals surface area contributed by atoms with Crippen LogP contribution in [0, 0.1) is 0 Å². The van der Waals surface area contributed by atoms with Crippen molar-refractivity contribution in [2.45, 2.75) is 24.5 Å². The molecule has 1 aromatic carbocycles. The summed E-state index contributed by atoms with van der Waals surface area (Å²) >= 11 is 1.91. The first kappa shape index (κ1) is 15.8. The molecule has 5 nitrogen and oxygen atoms in total. The maximum absolute atomic E-state index is 12.4. The van der Waals surface area contributed by atoms with Crippen molar-refractivity contribution in [2.24, 2.45) is 0 Å². The van der Waals surface area contributed by atoms with Crippen molar-refractivity contribution < 1.29 is 14.3 Å². The average molecular weight is 310 g/mol. The Morgan fingerprint density at radius 2 is 2.19 bits per heavy atom. The lowest BCUT2D eigenvalue weighted by Crippen LogP contribution is -2.37. The van der Waals surface area contributed by atoms with E-state index in [2.05, 4.69) is 12.2 Å². The highest BCUT2D eigenvalue weighted by molar-refractivity contribution is 8.00. The average Bonchev–Trinajstić information content (AvgIpc) is 2.92. The molecule has 1 aromatic rings. The van der Waals surface area contributed by atoms with Crippen molar-refractivity contribution in [3.63, 3.8) is 0 Å². The predicted octanol–water partition coefficient (Wildman–Crippen LogP) is 2.30. The Morgan fingerprint density at radius 1 is 1.43 bits per heavy atom. The number of anilines is 1. The molecule has 1 aliphatic rings. The lowest BCUT2D eigenvalue weighted by Gasteiger charge is -2.23. The molecule has 1 unspecified atom stereocenters. The van der Waals surface area contributed by atoms with Gasteiger partial charge in [0.1, 0.15) is 11.5 Å². The third kappa shape index (κ3) is 3.56. The summed E-state index contributed by atoms with van der Waals surface area (Å²) in [5.41, 5.74) is 6.71. The molecule has 0 spiro atoms. The van der Waals surface area contributed by atoms with Gasteiger partial charge in [-0.1, -0.05) is 0 Å². The zero-order valence-corrected chi connectivity index (χ0v) is 13.5. The number of nitrogens with one attached hydrogen (secondary N) is 1. The molecule has 1 atom stereocenters. The molecule has 0 bridgehead atoms. The van der Waals surface area contributed by atoms with Gasteiger partial charge in [-0.05, 0) is 31.6 Å². The van der Waals surface area contributed by atoms with Crippen LogP contribution in [0.4, 0.5) is 5.69 Å². The third-order valence-electron chi connectivity index (χ3n) is 3.74. The fourth-order valence-electron chi connectivity index (χ4n) is 2.41. The molecule has 0 saturated carbocycles. The normalized spacial score (nSPS) is 21.1. The molecule has 1 fully saturated rings. The highest BCUT2D eigenvalue weighted by Crippen LogP contribution is 2.37. The van der Waals surface area contributed by atoms with E-state index in [9.17, 15) is 4.79 Å². The number of carbonyl (C=O) groups excluding carboxylic acids is 1. The van der Waals surface area contributed by atoms with E-state index < -0.39 is 0 Å². The molecular formula is C15H22N2O3S. The Bertz CT molecular complexity index is 528. The standard InChI is InChI=1S/C15H22N2O3S/c1-15(5-4-6-21-15)9-17-14(18)11-7-10(19-2)8-12(20-3)13(11)16/h7-8H,4-6,9,16H2,1-3H3,(H,17,18). The van der Waals surface area contributed by atoms with E-state index >= 15 is 0 Å². The first-order chi connectivity index (χ1) is 9.99. The van der Waals surface area contributed by atoms with E-state index in [0.717, 1.165) is 12.2 Å². The second-order valence-electron chi connectivity index (χ2n) is 5.38. The topological polar surface area (TPSA) is 73.6 Å². The van der Waals surface area contributed by atoms with Crippen LogP contribution in [0.1, 0.15) is 30.1 Å². The molecule has 3 N–H and O–H groups in total. The summed E-state index contributed by atoms with van der Waals surface area (Å²) in [6, 6.07) is 3.30. The van der Waals surface area contributed by atoms with Crippen molar-refractivity contribution in [1.29, 1.82) is 0 Å². The summed E-state index contributed by atoms with van der Waals surface area (Å²) in [4.78, 5) is 12.4. The van der Waals surface area contributed by atoms with E-state index in [1.54, 1.807) is 19.2 Å². The summed E-state index contributed by atoms with van der Waals surface area (Å²) in [6.07, 6.45) is 2.32. The van der Waals surface area contributed by atoms with Gasteiger partial charge in [0, 0.05) is 17.4 Å². The van der Waals surface area contributed by atoms with Crippen molar-refractivity contribution in [3.05, 3.63) is 17.7 Å². The van der Waals surface area contributed by atoms with Crippen LogP contribution in [0.2, 0.25) is 0 Å². The van der Waals surface area contributed by atoms with Crippen molar-refractivity contribution >= 4 is 23.4 Å². The SMILES string of the molecule is COc1cc(OC)c(N)c(C(=O)NCC2(C)CCCS2)c1. The molecule has 2 rings (SSSR count). The maximum Gasteiger partial charge on any atom is 0.253 e. The van der Waals surface area contributed by atoms with Crippen LogP contribution in [-0.4, -0.2) is 37.2 Å². The van der Waals surface area contributed by atoms with Gasteiger partial charge in [0.05, 0.1) is 25.5 Å². The molecule has 1 amide bonds. The van der Waals surface area contributed by atoms with Crippen LogP contribution in [0.3, 0.4) is 0 Å². The van der Waals surface area contributed by atoms with Gasteiger partial charge in [-0.25, -0.2) is 0 Å². The zero-order valence-electron chi connectivity index (χ0n) is 12.7. The van der Waals surface area contributed by atoms with Crippen molar-refractivity contribution in [1.82, 2.24) is 5.32 Å². The number of hydrogen-bond donors (Lipinski definition) is 2. The van der Waals surface area contributed by atoms with Crippen LogP contribution < -0.4 is 20.5 Å². The first-order valence-electron chi connectivity index (χ1n) is 6.93. The number of thioether (sulfide) groups is 1.